The van der Waals surface area contributed by atoms with E-state index in [0.29, 0.717) is 24.3 Å². The lowest BCUT2D eigenvalue weighted by Crippen LogP contribution is -2.32. The van der Waals surface area contributed by atoms with Crippen molar-refractivity contribution in [2.45, 2.75) is 19.6 Å². The number of anilines is 2. The van der Waals surface area contributed by atoms with Crippen molar-refractivity contribution in [3.05, 3.63) is 11.9 Å². The number of rotatable bonds is 7. The molecule has 0 saturated heterocycles. The molecule has 1 aromatic rings. The van der Waals surface area contributed by atoms with Gasteiger partial charge in [0.2, 0.25) is 0 Å². The predicted molar refractivity (Wildman–Crippen MR) is 76.8 cm³/mol. The van der Waals surface area contributed by atoms with E-state index in [2.05, 4.69) is 33.5 Å². The summed E-state index contributed by atoms with van der Waals surface area (Å²) in [6.45, 7) is 2.53. The highest BCUT2D eigenvalue weighted by Crippen LogP contribution is 2.18. The summed E-state index contributed by atoms with van der Waals surface area (Å²) < 4.78 is 5.05. The maximum Gasteiger partial charge on any atom is 0.158 e. The summed E-state index contributed by atoms with van der Waals surface area (Å²) in [7, 11) is 3.63. The number of methoxy groups -OCH3 is 1. The molecular weight excluding hydrogens is 250 g/mol. The number of hydrazine groups is 1. The lowest BCUT2D eigenvalue weighted by molar-refractivity contribution is 0.178. The summed E-state index contributed by atoms with van der Waals surface area (Å²) in [6, 6.07) is 2.21. The third-order valence-corrected chi connectivity index (χ3v) is 3.43. The highest BCUT2D eigenvalue weighted by Gasteiger charge is 2.13. The molecule has 0 amide bonds. The molecule has 0 fully saturated rings. The zero-order chi connectivity index (χ0) is 13.5. The van der Waals surface area contributed by atoms with Gasteiger partial charge in [-0.25, -0.2) is 15.8 Å². The normalized spacial score (nSPS) is 12.3. The van der Waals surface area contributed by atoms with Gasteiger partial charge in [-0.3, -0.25) is 0 Å². The minimum Gasteiger partial charge on any atom is -0.377 e. The van der Waals surface area contributed by atoms with Gasteiger partial charge in [0.1, 0.15) is 18.2 Å². The van der Waals surface area contributed by atoms with Crippen LogP contribution >= 0.6 is 11.8 Å². The average Bonchev–Trinajstić information content (AvgIpc) is 2.38. The van der Waals surface area contributed by atoms with E-state index in [1.807, 2.05) is 24.9 Å². The second-order valence-corrected chi connectivity index (χ2v) is 4.93. The van der Waals surface area contributed by atoms with Crippen LogP contribution in [0.4, 0.5) is 11.6 Å². The fourth-order valence-electron chi connectivity index (χ4n) is 1.51. The van der Waals surface area contributed by atoms with Gasteiger partial charge in [-0.2, -0.15) is 11.8 Å². The Morgan fingerprint density at radius 2 is 2.28 bits per heavy atom. The number of hydrogen-bond acceptors (Lipinski definition) is 7. The number of nitrogens with two attached hydrogens (primary N) is 1. The van der Waals surface area contributed by atoms with Crippen molar-refractivity contribution in [1.29, 1.82) is 0 Å². The SMILES string of the molecule is COCc1nc(NN)cc(N(C)C(C)CSC)n1. The summed E-state index contributed by atoms with van der Waals surface area (Å²) in [6.07, 6.45) is 2.09. The van der Waals surface area contributed by atoms with Gasteiger partial charge in [-0.1, -0.05) is 0 Å². The van der Waals surface area contributed by atoms with Crippen molar-refractivity contribution in [2.75, 3.05) is 36.5 Å². The summed E-state index contributed by atoms with van der Waals surface area (Å²) in [4.78, 5) is 10.8. The van der Waals surface area contributed by atoms with Crippen LogP contribution in [0, 0.1) is 0 Å². The van der Waals surface area contributed by atoms with Crippen molar-refractivity contribution in [2.24, 2.45) is 5.84 Å². The zero-order valence-electron chi connectivity index (χ0n) is 11.3. The van der Waals surface area contributed by atoms with Crippen LogP contribution in [0.2, 0.25) is 0 Å². The van der Waals surface area contributed by atoms with E-state index in [1.165, 1.54) is 0 Å². The summed E-state index contributed by atoms with van der Waals surface area (Å²) >= 11 is 1.81. The van der Waals surface area contributed by atoms with Crippen LogP contribution in [0.1, 0.15) is 12.7 Å². The van der Waals surface area contributed by atoms with Crippen LogP contribution in [-0.4, -0.2) is 42.2 Å². The Hall–Kier alpha value is -1.05. The second-order valence-electron chi connectivity index (χ2n) is 4.02. The quantitative estimate of drug-likeness (QED) is 0.568. The first-order valence-corrected chi connectivity index (χ1v) is 7.07. The Bertz CT molecular complexity index is 376. The van der Waals surface area contributed by atoms with Crippen LogP contribution in [0.15, 0.2) is 6.07 Å². The maximum absolute atomic E-state index is 5.41. The minimum atomic E-state index is 0.368. The van der Waals surface area contributed by atoms with Crippen LogP contribution in [0.3, 0.4) is 0 Å². The van der Waals surface area contributed by atoms with Crippen molar-refractivity contribution in [3.63, 3.8) is 0 Å². The highest BCUT2D eigenvalue weighted by atomic mass is 32.2. The molecule has 1 aromatic heterocycles. The molecule has 0 aliphatic rings. The predicted octanol–water partition coefficient (Wildman–Crippen LogP) is 1.10. The van der Waals surface area contributed by atoms with Crippen LogP contribution in [0.25, 0.3) is 0 Å². The first kappa shape index (κ1) is 15.0. The van der Waals surface area contributed by atoms with Gasteiger partial charge in [-0.15, -0.1) is 0 Å². The molecule has 3 N–H and O–H groups in total. The monoisotopic (exact) mass is 271 g/mol. The molecule has 6 nitrogen and oxygen atoms in total. The van der Waals surface area contributed by atoms with E-state index >= 15 is 0 Å². The maximum atomic E-state index is 5.41. The summed E-state index contributed by atoms with van der Waals surface area (Å²) in [5.74, 6) is 8.50. The Balaban J connectivity index is 2.95. The van der Waals surface area contributed by atoms with Crippen LogP contribution in [0.5, 0.6) is 0 Å². The summed E-state index contributed by atoms with van der Waals surface area (Å²) in [5, 5.41) is 0. The number of thioether (sulfide) groups is 1. The molecule has 1 heterocycles. The fraction of sp³-hybridized carbons (Fsp3) is 0.636. The van der Waals surface area contributed by atoms with E-state index in [9.17, 15) is 0 Å². The van der Waals surface area contributed by atoms with Gasteiger partial charge in [0.15, 0.2) is 5.82 Å². The van der Waals surface area contributed by atoms with E-state index in [4.69, 9.17) is 10.6 Å². The minimum absolute atomic E-state index is 0.368. The number of nitrogens with one attached hydrogen (secondary N) is 1. The molecule has 1 unspecified atom stereocenters. The van der Waals surface area contributed by atoms with Crippen molar-refractivity contribution in [3.8, 4) is 0 Å². The fourth-order valence-corrected chi connectivity index (χ4v) is 2.22. The first-order chi connectivity index (χ1) is 8.62. The van der Waals surface area contributed by atoms with Gasteiger partial charge < -0.3 is 15.1 Å². The number of nitrogen functional groups attached to an aromatic ring is 1. The topological polar surface area (TPSA) is 76.3 Å². The van der Waals surface area contributed by atoms with Gasteiger partial charge in [0, 0.05) is 32.0 Å². The van der Waals surface area contributed by atoms with Gasteiger partial charge in [-0.05, 0) is 13.2 Å². The van der Waals surface area contributed by atoms with Crippen molar-refractivity contribution < 1.29 is 4.74 Å². The number of aromatic nitrogens is 2. The van der Waals surface area contributed by atoms with Crippen LogP contribution < -0.4 is 16.2 Å². The Morgan fingerprint density at radius 3 is 2.83 bits per heavy atom. The standard InChI is InChI=1S/C11H21N5OS/c1-8(7-18-4)16(2)11-5-9(15-12)13-10(14-11)6-17-3/h5,8H,6-7,12H2,1-4H3,(H,13,14,15). The largest absolute Gasteiger partial charge is 0.377 e. The molecule has 1 atom stereocenters. The molecule has 7 heteroatoms. The van der Waals surface area contributed by atoms with Gasteiger partial charge in [0.05, 0.1) is 0 Å². The molecule has 102 valence electrons. The second kappa shape index (κ2) is 7.40. The molecule has 0 spiro atoms. The molecule has 0 saturated carbocycles. The molecule has 0 aliphatic carbocycles. The van der Waals surface area contributed by atoms with Gasteiger partial charge in [0.25, 0.3) is 0 Å². The molecule has 0 radical (unpaired) electrons. The Kier molecular flexibility index (Phi) is 6.17. The average molecular weight is 271 g/mol. The third-order valence-electron chi connectivity index (χ3n) is 2.61. The first-order valence-electron chi connectivity index (χ1n) is 5.67. The van der Waals surface area contributed by atoms with Crippen molar-refractivity contribution >= 4 is 23.4 Å². The van der Waals surface area contributed by atoms with E-state index < -0.39 is 0 Å². The zero-order valence-corrected chi connectivity index (χ0v) is 12.1. The van der Waals surface area contributed by atoms with Gasteiger partial charge >= 0.3 is 0 Å². The number of nitrogens with zero attached hydrogens (tertiary/aromatic N) is 3. The number of ether oxygens (including phenoxy) is 1. The smallest absolute Gasteiger partial charge is 0.158 e. The molecule has 18 heavy (non-hydrogen) atoms. The Labute approximate surface area is 112 Å². The van der Waals surface area contributed by atoms with E-state index in [0.717, 1.165) is 11.6 Å². The van der Waals surface area contributed by atoms with Crippen molar-refractivity contribution in [1.82, 2.24) is 9.97 Å². The van der Waals surface area contributed by atoms with E-state index in [-0.39, 0.29) is 0 Å². The Morgan fingerprint density at radius 1 is 1.56 bits per heavy atom. The molecular formula is C11H21N5OS. The molecule has 0 aliphatic heterocycles. The molecule has 1 rings (SSSR count). The highest BCUT2D eigenvalue weighted by molar-refractivity contribution is 7.98. The molecule has 0 aromatic carbocycles. The van der Waals surface area contributed by atoms with Crippen LogP contribution in [-0.2, 0) is 11.3 Å². The summed E-state index contributed by atoms with van der Waals surface area (Å²) in [5.41, 5.74) is 2.55. The number of hydrogen-bond donors (Lipinski definition) is 2. The lowest BCUT2D eigenvalue weighted by atomic mass is 10.3. The third kappa shape index (κ3) is 4.01. The molecule has 0 bridgehead atoms. The lowest BCUT2D eigenvalue weighted by Gasteiger charge is -2.26. The van der Waals surface area contributed by atoms with E-state index in [1.54, 1.807) is 7.11 Å².